The zero-order valence-electron chi connectivity index (χ0n) is 12.8. The summed E-state index contributed by atoms with van der Waals surface area (Å²) in [5.41, 5.74) is 1.55. The van der Waals surface area contributed by atoms with Crippen LogP contribution < -0.4 is 0 Å². The lowest BCUT2D eigenvalue weighted by atomic mass is 9.86. The molecule has 0 unspecified atom stereocenters. The molecule has 0 saturated heterocycles. The second-order valence-electron chi connectivity index (χ2n) is 5.38. The summed E-state index contributed by atoms with van der Waals surface area (Å²) < 4.78 is 1.08. The van der Waals surface area contributed by atoms with Crippen molar-refractivity contribution in [3.63, 3.8) is 0 Å². The lowest BCUT2D eigenvalue weighted by Crippen LogP contribution is -2.28. The maximum absolute atomic E-state index is 5.03. The van der Waals surface area contributed by atoms with E-state index in [1.54, 1.807) is 31.3 Å². The standard InChI is InChI=1S/C16H18BrN3OS/c1-16(2,10-22-14-6-4-13(17)5-7-14)15(20-21-3)12-8-18-11-19-9-12/h4-9,11H,10H2,1-3H3. The van der Waals surface area contributed by atoms with Gasteiger partial charge in [0.15, 0.2) is 0 Å². The Kier molecular flexibility index (Phi) is 5.97. The maximum Gasteiger partial charge on any atom is 0.115 e. The van der Waals surface area contributed by atoms with Crippen molar-refractivity contribution in [2.75, 3.05) is 12.9 Å². The van der Waals surface area contributed by atoms with Gasteiger partial charge in [-0.3, -0.25) is 0 Å². The van der Waals surface area contributed by atoms with Gasteiger partial charge in [0.25, 0.3) is 0 Å². The highest BCUT2D eigenvalue weighted by Gasteiger charge is 2.28. The summed E-state index contributed by atoms with van der Waals surface area (Å²) in [6, 6.07) is 8.29. The lowest BCUT2D eigenvalue weighted by molar-refractivity contribution is 0.209. The normalized spacial score (nSPS) is 12.3. The van der Waals surface area contributed by atoms with Gasteiger partial charge >= 0.3 is 0 Å². The third kappa shape index (κ3) is 4.55. The van der Waals surface area contributed by atoms with Crippen molar-refractivity contribution in [3.8, 4) is 0 Å². The van der Waals surface area contributed by atoms with Crippen molar-refractivity contribution in [1.29, 1.82) is 0 Å². The third-order valence-corrected chi connectivity index (χ3v) is 5.07. The molecule has 0 bridgehead atoms. The van der Waals surface area contributed by atoms with Crippen molar-refractivity contribution < 1.29 is 4.84 Å². The highest BCUT2D eigenvalue weighted by Crippen LogP contribution is 2.31. The van der Waals surface area contributed by atoms with Crippen LogP contribution in [0.2, 0.25) is 0 Å². The first kappa shape index (κ1) is 17.0. The van der Waals surface area contributed by atoms with E-state index in [0.29, 0.717) is 0 Å². The average molecular weight is 380 g/mol. The number of oxime groups is 1. The molecule has 1 aromatic carbocycles. The third-order valence-electron chi connectivity index (χ3n) is 3.07. The van der Waals surface area contributed by atoms with Crippen molar-refractivity contribution in [3.05, 3.63) is 53.0 Å². The topological polar surface area (TPSA) is 47.4 Å². The molecule has 0 aliphatic carbocycles. The Bertz CT molecular complexity index is 630. The predicted molar refractivity (Wildman–Crippen MR) is 94.2 cm³/mol. The van der Waals surface area contributed by atoms with Crippen LogP contribution in [0, 0.1) is 5.41 Å². The number of benzene rings is 1. The van der Waals surface area contributed by atoms with E-state index in [9.17, 15) is 0 Å². The fourth-order valence-electron chi connectivity index (χ4n) is 1.94. The molecule has 0 aliphatic heterocycles. The molecular formula is C16H18BrN3OS. The second kappa shape index (κ2) is 7.74. The molecule has 1 aromatic heterocycles. The van der Waals surface area contributed by atoms with Crippen LogP contribution in [-0.2, 0) is 4.84 Å². The summed E-state index contributed by atoms with van der Waals surface area (Å²) >= 11 is 5.24. The van der Waals surface area contributed by atoms with Crippen molar-refractivity contribution in [1.82, 2.24) is 9.97 Å². The molecule has 2 rings (SSSR count). The SMILES string of the molecule is CON=C(c1cncnc1)C(C)(C)CSc1ccc(Br)cc1. The van der Waals surface area contributed by atoms with Gasteiger partial charge in [0.1, 0.15) is 13.4 Å². The van der Waals surface area contributed by atoms with Gasteiger partial charge in [0.2, 0.25) is 0 Å². The maximum atomic E-state index is 5.03. The van der Waals surface area contributed by atoms with Crippen molar-refractivity contribution >= 4 is 33.4 Å². The Labute approximate surface area is 143 Å². The summed E-state index contributed by atoms with van der Waals surface area (Å²) in [7, 11) is 1.56. The van der Waals surface area contributed by atoms with E-state index in [1.807, 2.05) is 12.1 Å². The summed E-state index contributed by atoms with van der Waals surface area (Å²) in [5, 5.41) is 4.21. The molecule has 0 fully saturated rings. The van der Waals surface area contributed by atoms with Gasteiger partial charge in [-0.25, -0.2) is 9.97 Å². The molecule has 0 aliphatic rings. The number of hydrogen-bond donors (Lipinski definition) is 0. The van der Waals surface area contributed by atoms with E-state index in [2.05, 4.69) is 57.0 Å². The molecule has 1 heterocycles. The van der Waals surface area contributed by atoms with Crippen LogP contribution in [-0.4, -0.2) is 28.5 Å². The van der Waals surface area contributed by atoms with Gasteiger partial charge in [-0.05, 0) is 24.3 Å². The van der Waals surface area contributed by atoms with E-state index in [4.69, 9.17) is 4.84 Å². The van der Waals surface area contributed by atoms with Gasteiger partial charge < -0.3 is 4.84 Å². The first-order valence-corrected chi connectivity index (χ1v) is 8.56. The smallest absolute Gasteiger partial charge is 0.115 e. The van der Waals surface area contributed by atoms with Crippen LogP contribution in [0.3, 0.4) is 0 Å². The van der Waals surface area contributed by atoms with Gasteiger partial charge in [-0.1, -0.05) is 34.9 Å². The van der Waals surface area contributed by atoms with Crippen LogP contribution in [0.1, 0.15) is 19.4 Å². The van der Waals surface area contributed by atoms with Crippen LogP contribution in [0.5, 0.6) is 0 Å². The van der Waals surface area contributed by atoms with Crippen molar-refractivity contribution in [2.24, 2.45) is 10.6 Å². The number of halogens is 1. The van der Waals surface area contributed by atoms with Crippen LogP contribution in [0.4, 0.5) is 0 Å². The lowest BCUT2D eigenvalue weighted by Gasteiger charge is -2.25. The predicted octanol–water partition coefficient (Wildman–Crippen LogP) is 4.41. The molecule has 0 atom stereocenters. The molecule has 0 spiro atoms. The molecule has 0 N–H and O–H groups in total. The molecule has 2 aromatic rings. The number of hydrogen-bond acceptors (Lipinski definition) is 5. The van der Waals surface area contributed by atoms with Crippen LogP contribution in [0.15, 0.2) is 57.5 Å². The number of aromatic nitrogens is 2. The molecule has 22 heavy (non-hydrogen) atoms. The Morgan fingerprint density at radius 1 is 1.23 bits per heavy atom. The quantitative estimate of drug-likeness (QED) is 0.423. The minimum atomic E-state index is -0.182. The largest absolute Gasteiger partial charge is 0.399 e. The van der Waals surface area contributed by atoms with E-state index in [0.717, 1.165) is 21.5 Å². The summed E-state index contributed by atoms with van der Waals surface area (Å²) in [6.07, 6.45) is 5.03. The van der Waals surface area contributed by atoms with Crippen LogP contribution in [0.25, 0.3) is 0 Å². The molecular weight excluding hydrogens is 362 g/mol. The molecule has 116 valence electrons. The van der Waals surface area contributed by atoms with Gasteiger partial charge in [-0.2, -0.15) is 0 Å². The Hall–Kier alpha value is -1.40. The Morgan fingerprint density at radius 2 is 1.86 bits per heavy atom. The fourth-order valence-corrected chi connectivity index (χ4v) is 3.20. The first-order valence-electron chi connectivity index (χ1n) is 6.78. The zero-order chi connectivity index (χ0) is 16.0. The Balaban J connectivity index is 2.15. The zero-order valence-corrected chi connectivity index (χ0v) is 15.2. The molecule has 0 saturated carbocycles. The molecule has 6 heteroatoms. The first-order chi connectivity index (χ1) is 10.5. The van der Waals surface area contributed by atoms with E-state index in [-0.39, 0.29) is 5.41 Å². The van der Waals surface area contributed by atoms with Gasteiger partial charge in [-0.15, -0.1) is 11.8 Å². The molecule has 0 radical (unpaired) electrons. The van der Waals surface area contributed by atoms with Crippen molar-refractivity contribution in [2.45, 2.75) is 18.7 Å². The summed E-state index contributed by atoms with van der Waals surface area (Å²) in [5.74, 6) is 0.867. The highest BCUT2D eigenvalue weighted by molar-refractivity contribution is 9.10. The van der Waals surface area contributed by atoms with Gasteiger partial charge in [0.05, 0.1) is 5.71 Å². The number of nitrogens with zero attached hydrogens (tertiary/aromatic N) is 3. The van der Waals surface area contributed by atoms with Gasteiger partial charge in [0, 0.05) is 38.5 Å². The second-order valence-corrected chi connectivity index (χ2v) is 7.34. The number of rotatable bonds is 6. The monoisotopic (exact) mass is 379 g/mol. The molecule has 4 nitrogen and oxygen atoms in total. The Morgan fingerprint density at radius 3 is 2.45 bits per heavy atom. The van der Waals surface area contributed by atoms with E-state index < -0.39 is 0 Å². The van der Waals surface area contributed by atoms with E-state index >= 15 is 0 Å². The van der Waals surface area contributed by atoms with Crippen LogP contribution >= 0.6 is 27.7 Å². The summed E-state index contributed by atoms with van der Waals surface area (Å²) in [6.45, 7) is 4.29. The fraction of sp³-hybridized carbons (Fsp3) is 0.312. The highest BCUT2D eigenvalue weighted by atomic mass is 79.9. The summed E-state index contributed by atoms with van der Waals surface area (Å²) in [4.78, 5) is 14.4. The minimum absolute atomic E-state index is 0.182. The average Bonchev–Trinajstić information content (AvgIpc) is 2.53. The van der Waals surface area contributed by atoms with E-state index in [1.165, 1.54) is 11.2 Å². The minimum Gasteiger partial charge on any atom is -0.399 e. The molecule has 0 amide bonds. The number of thioether (sulfide) groups is 1.